The smallest absolute Gasteiger partial charge is 0.244 e. The molecule has 30 heavy (non-hydrogen) atoms. The fourth-order valence-electron chi connectivity index (χ4n) is 3.81. The molecule has 0 bridgehead atoms. The van der Waals surface area contributed by atoms with Crippen molar-refractivity contribution in [3.05, 3.63) is 58.5 Å². The molecular weight excluding hydrogens is 380 g/mol. The van der Waals surface area contributed by atoms with E-state index in [-0.39, 0.29) is 19.0 Å². The van der Waals surface area contributed by atoms with E-state index in [0.717, 1.165) is 17.7 Å². The molecule has 1 amide bonds. The highest BCUT2D eigenvalue weighted by molar-refractivity contribution is 5.85. The van der Waals surface area contributed by atoms with Gasteiger partial charge in [0.2, 0.25) is 5.91 Å². The van der Waals surface area contributed by atoms with Crippen LogP contribution in [0.2, 0.25) is 0 Å². The molecule has 0 saturated carbocycles. The Morgan fingerprint density at radius 1 is 1.27 bits per heavy atom. The Labute approximate surface area is 178 Å². The first-order valence-electron chi connectivity index (χ1n) is 10.5. The number of benzene rings is 1. The van der Waals surface area contributed by atoms with Crippen molar-refractivity contribution in [3.63, 3.8) is 0 Å². The van der Waals surface area contributed by atoms with Crippen LogP contribution >= 0.6 is 0 Å². The maximum Gasteiger partial charge on any atom is 0.244 e. The highest BCUT2D eigenvalue weighted by atomic mass is 16.3. The lowest BCUT2D eigenvalue weighted by molar-refractivity contribution is -0.130. The second-order valence-corrected chi connectivity index (χ2v) is 7.98. The number of hydrogen-bond acceptors (Lipinski definition) is 4. The maximum absolute atomic E-state index is 12.7. The summed E-state index contributed by atoms with van der Waals surface area (Å²) in [6.45, 7) is 9.68. The number of aliphatic imine (C=N–C) groups is 1. The quantitative estimate of drug-likeness (QED) is 0.500. The van der Waals surface area contributed by atoms with Crippen LogP contribution < -0.4 is 10.6 Å². The molecule has 162 valence electrons. The zero-order chi connectivity index (χ0) is 21.7. The summed E-state index contributed by atoms with van der Waals surface area (Å²) in [7, 11) is 0. The van der Waals surface area contributed by atoms with Crippen LogP contribution in [-0.2, 0) is 23.4 Å². The molecule has 1 aromatic carbocycles. The molecule has 3 N–H and O–H groups in total. The van der Waals surface area contributed by atoms with Crippen molar-refractivity contribution in [2.24, 2.45) is 4.99 Å². The van der Waals surface area contributed by atoms with E-state index in [1.807, 2.05) is 43.9 Å². The molecular formula is C23H32N4O3. The van der Waals surface area contributed by atoms with E-state index in [2.05, 4.69) is 27.8 Å². The summed E-state index contributed by atoms with van der Waals surface area (Å²) in [6.07, 6.45) is 0.871. The van der Waals surface area contributed by atoms with E-state index in [1.165, 1.54) is 11.1 Å². The predicted octanol–water partition coefficient (Wildman–Crippen LogP) is 2.24. The van der Waals surface area contributed by atoms with Gasteiger partial charge in [-0.05, 0) is 51.3 Å². The Morgan fingerprint density at radius 3 is 2.67 bits per heavy atom. The van der Waals surface area contributed by atoms with Gasteiger partial charge in [0, 0.05) is 25.2 Å². The number of carbonyl (C=O) groups excluding carboxylic acids is 1. The Morgan fingerprint density at radius 2 is 2.00 bits per heavy atom. The molecule has 1 unspecified atom stereocenters. The number of amides is 1. The van der Waals surface area contributed by atoms with Gasteiger partial charge in [0.15, 0.2) is 5.96 Å². The molecule has 0 radical (unpaired) electrons. The molecule has 3 rings (SSSR count). The number of fused-ring (bicyclic) bond motifs is 1. The minimum atomic E-state index is -1.13. The standard InChI is InChI=1S/C23H32N4O3/c1-5-24-22(26-15-23(4,29)20-12-16(2)30-17(20)3)25-13-21(28)27-11-10-18-8-6-7-9-19(18)14-27/h6-9,12,29H,5,10-11,13-15H2,1-4H3,(H2,24,25,26). The van der Waals surface area contributed by atoms with Crippen molar-refractivity contribution in [2.75, 3.05) is 26.2 Å². The van der Waals surface area contributed by atoms with Crippen molar-refractivity contribution in [1.29, 1.82) is 0 Å². The van der Waals surface area contributed by atoms with Crippen LogP contribution in [0.15, 0.2) is 39.7 Å². The summed E-state index contributed by atoms with van der Waals surface area (Å²) >= 11 is 0. The van der Waals surface area contributed by atoms with Crippen LogP contribution in [-0.4, -0.2) is 48.1 Å². The van der Waals surface area contributed by atoms with Crippen molar-refractivity contribution >= 4 is 11.9 Å². The highest BCUT2D eigenvalue weighted by Crippen LogP contribution is 2.26. The molecule has 1 atom stereocenters. The molecule has 0 saturated heterocycles. The third kappa shape index (κ3) is 5.21. The second-order valence-electron chi connectivity index (χ2n) is 7.98. The lowest BCUT2D eigenvalue weighted by Gasteiger charge is -2.28. The summed E-state index contributed by atoms with van der Waals surface area (Å²) in [5.41, 5.74) is 2.13. The van der Waals surface area contributed by atoms with Gasteiger partial charge in [-0.2, -0.15) is 0 Å². The minimum absolute atomic E-state index is 0.00484. The van der Waals surface area contributed by atoms with E-state index in [0.29, 0.717) is 31.4 Å². The SMILES string of the molecule is CCNC(=NCC(=O)N1CCc2ccccc2C1)NCC(C)(O)c1cc(C)oc1C. The van der Waals surface area contributed by atoms with Crippen LogP contribution in [0.25, 0.3) is 0 Å². The topological polar surface area (TPSA) is 90.1 Å². The lowest BCUT2D eigenvalue weighted by Crippen LogP contribution is -2.45. The number of guanidine groups is 1. The van der Waals surface area contributed by atoms with Gasteiger partial charge < -0.3 is 25.1 Å². The normalized spacial score (nSPS) is 16.0. The fourth-order valence-corrected chi connectivity index (χ4v) is 3.81. The molecule has 0 aliphatic carbocycles. The van der Waals surface area contributed by atoms with Crippen molar-refractivity contribution < 1.29 is 14.3 Å². The summed E-state index contributed by atoms with van der Waals surface area (Å²) in [4.78, 5) is 19.0. The Balaban J connectivity index is 1.60. The third-order valence-electron chi connectivity index (χ3n) is 5.42. The summed E-state index contributed by atoms with van der Waals surface area (Å²) in [5, 5.41) is 17.2. The molecule has 0 spiro atoms. The number of carbonyl (C=O) groups is 1. The first kappa shape index (κ1) is 21.9. The number of aliphatic hydroxyl groups is 1. The zero-order valence-corrected chi connectivity index (χ0v) is 18.3. The van der Waals surface area contributed by atoms with E-state index in [1.54, 1.807) is 6.92 Å². The average Bonchev–Trinajstić information content (AvgIpc) is 3.08. The van der Waals surface area contributed by atoms with Crippen LogP contribution in [0.4, 0.5) is 0 Å². The lowest BCUT2D eigenvalue weighted by atomic mass is 9.96. The Kier molecular flexibility index (Phi) is 6.82. The summed E-state index contributed by atoms with van der Waals surface area (Å²) < 4.78 is 5.54. The van der Waals surface area contributed by atoms with Gasteiger partial charge in [0.25, 0.3) is 0 Å². The molecule has 1 aliphatic rings. The Bertz CT molecular complexity index is 917. The van der Waals surface area contributed by atoms with Gasteiger partial charge in [-0.15, -0.1) is 0 Å². The molecule has 1 aromatic heterocycles. The number of nitrogens with one attached hydrogen (secondary N) is 2. The molecule has 1 aliphatic heterocycles. The Hall–Kier alpha value is -2.80. The highest BCUT2D eigenvalue weighted by Gasteiger charge is 2.28. The second kappa shape index (κ2) is 9.34. The van der Waals surface area contributed by atoms with E-state index in [4.69, 9.17) is 4.42 Å². The maximum atomic E-state index is 12.7. The minimum Gasteiger partial charge on any atom is -0.466 e. The number of hydrogen-bond donors (Lipinski definition) is 3. The molecule has 7 heteroatoms. The predicted molar refractivity (Wildman–Crippen MR) is 117 cm³/mol. The van der Waals surface area contributed by atoms with E-state index < -0.39 is 5.60 Å². The summed E-state index contributed by atoms with van der Waals surface area (Å²) in [6, 6.07) is 10.1. The number of rotatable bonds is 6. The molecule has 0 fully saturated rings. The number of aryl methyl sites for hydroxylation is 2. The average molecular weight is 413 g/mol. The van der Waals surface area contributed by atoms with Crippen LogP contribution in [0.3, 0.4) is 0 Å². The van der Waals surface area contributed by atoms with Crippen molar-refractivity contribution in [2.45, 2.75) is 46.3 Å². The van der Waals surface area contributed by atoms with Crippen LogP contribution in [0.1, 0.15) is 42.1 Å². The summed E-state index contributed by atoms with van der Waals surface area (Å²) in [5.74, 6) is 1.95. The van der Waals surface area contributed by atoms with E-state index in [9.17, 15) is 9.90 Å². The largest absolute Gasteiger partial charge is 0.466 e. The van der Waals surface area contributed by atoms with Gasteiger partial charge in [0.05, 0.1) is 6.54 Å². The molecule has 2 heterocycles. The van der Waals surface area contributed by atoms with Gasteiger partial charge in [-0.1, -0.05) is 24.3 Å². The van der Waals surface area contributed by atoms with Gasteiger partial charge >= 0.3 is 0 Å². The molecule has 7 nitrogen and oxygen atoms in total. The monoisotopic (exact) mass is 412 g/mol. The fraction of sp³-hybridized carbons (Fsp3) is 0.478. The first-order valence-corrected chi connectivity index (χ1v) is 10.5. The van der Waals surface area contributed by atoms with Gasteiger partial charge in [-0.25, -0.2) is 4.99 Å². The van der Waals surface area contributed by atoms with Gasteiger partial charge in [-0.3, -0.25) is 4.79 Å². The number of furan rings is 1. The van der Waals surface area contributed by atoms with Crippen LogP contribution in [0, 0.1) is 13.8 Å². The number of nitrogens with zero attached hydrogens (tertiary/aromatic N) is 2. The van der Waals surface area contributed by atoms with Crippen molar-refractivity contribution in [3.8, 4) is 0 Å². The third-order valence-corrected chi connectivity index (χ3v) is 5.42. The zero-order valence-electron chi connectivity index (χ0n) is 18.3. The van der Waals surface area contributed by atoms with Gasteiger partial charge in [0.1, 0.15) is 23.7 Å². The first-order chi connectivity index (χ1) is 14.3. The van der Waals surface area contributed by atoms with Crippen molar-refractivity contribution in [1.82, 2.24) is 15.5 Å². The van der Waals surface area contributed by atoms with E-state index >= 15 is 0 Å². The molecule has 2 aromatic rings. The van der Waals surface area contributed by atoms with Crippen LogP contribution in [0.5, 0.6) is 0 Å².